The van der Waals surface area contributed by atoms with Crippen molar-refractivity contribution >= 4 is 0 Å². The summed E-state index contributed by atoms with van der Waals surface area (Å²) in [4.78, 5) is 0. The zero-order valence-corrected chi connectivity index (χ0v) is 14.4. The maximum atomic E-state index is 10.1. The summed E-state index contributed by atoms with van der Waals surface area (Å²) in [6.45, 7) is 7.89. The number of rotatable bonds is 11. The molecule has 0 radical (unpaired) electrons. The lowest BCUT2D eigenvalue weighted by molar-refractivity contribution is 0.0722. The van der Waals surface area contributed by atoms with Gasteiger partial charge in [-0.05, 0) is 30.2 Å². The van der Waals surface area contributed by atoms with E-state index < -0.39 is 0 Å². The summed E-state index contributed by atoms with van der Waals surface area (Å²) >= 11 is 0. The normalized spacial score (nSPS) is 15.8. The Bertz CT molecular complexity index is 399. The molecule has 0 aliphatic carbocycles. The molecular formula is C20H32O2. The minimum Gasteiger partial charge on any atom is -0.389 e. The predicted molar refractivity (Wildman–Crippen MR) is 93.7 cm³/mol. The number of benzene rings is 1. The van der Waals surface area contributed by atoms with Crippen molar-refractivity contribution in [1.29, 1.82) is 0 Å². The van der Waals surface area contributed by atoms with Gasteiger partial charge in [0.1, 0.15) is 0 Å². The van der Waals surface area contributed by atoms with Crippen molar-refractivity contribution < 1.29 is 9.84 Å². The van der Waals surface area contributed by atoms with Crippen LogP contribution in [0.1, 0.15) is 52.0 Å². The zero-order chi connectivity index (χ0) is 16.2. The number of hydrogen-bond donors (Lipinski definition) is 1. The van der Waals surface area contributed by atoms with Gasteiger partial charge in [0.2, 0.25) is 0 Å². The Kier molecular flexibility index (Phi) is 9.85. The third-order valence-corrected chi connectivity index (χ3v) is 3.93. The molecule has 1 aromatic rings. The number of aliphatic hydroxyl groups excluding tert-OH is 1. The van der Waals surface area contributed by atoms with Crippen LogP contribution in [0.2, 0.25) is 0 Å². The molecule has 2 nitrogen and oxygen atoms in total. The van der Waals surface area contributed by atoms with Crippen molar-refractivity contribution in [2.45, 2.75) is 59.2 Å². The maximum absolute atomic E-state index is 10.1. The van der Waals surface area contributed by atoms with E-state index in [4.69, 9.17) is 4.74 Å². The Morgan fingerprint density at radius 2 is 1.91 bits per heavy atom. The zero-order valence-electron chi connectivity index (χ0n) is 14.4. The number of allylic oxidation sites excluding steroid dienone is 1. The minimum atomic E-state index is -0.339. The van der Waals surface area contributed by atoms with Crippen LogP contribution in [0.15, 0.2) is 42.5 Å². The Morgan fingerprint density at radius 3 is 2.59 bits per heavy atom. The topological polar surface area (TPSA) is 29.5 Å². The fourth-order valence-electron chi connectivity index (χ4n) is 2.54. The van der Waals surface area contributed by atoms with Crippen molar-refractivity contribution in [3.63, 3.8) is 0 Å². The summed E-state index contributed by atoms with van der Waals surface area (Å²) in [6, 6.07) is 10.2. The lowest BCUT2D eigenvalue weighted by Gasteiger charge is -2.20. The van der Waals surface area contributed by atoms with Crippen LogP contribution in [0, 0.1) is 11.8 Å². The molecule has 0 saturated heterocycles. The van der Waals surface area contributed by atoms with Gasteiger partial charge in [-0.2, -0.15) is 0 Å². The first-order valence-corrected chi connectivity index (χ1v) is 8.59. The molecule has 0 saturated carbocycles. The van der Waals surface area contributed by atoms with Crippen molar-refractivity contribution in [2.24, 2.45) is 11.8 Å². The quantitative estimate of drug-likeness (QED) is 0.462. The maximum Gasteiger partial charge on any atom is 0.0746 e. The summed E-state index contributed by atoms with van der Waals surface area (Å²) in [5.74, 6) is 0.727. The second-order valence-corrected chi connectivity index (χ2v) is 6.38. The fraction of sp³-hybridized carbons (Fsp3) is 0.600. The first-order chi connectivity index (χ1) is 10.6. The van der Waals surface area contributed by atoms with E-state index in [-0.39, 0.29) is 12.0 Å². The average molecular weight is 304 g/mol. The van der Waals surface area contributed by atoms with Crippen LogP contribution in [-0.2, 0) is 11.3 Å². The largest absolute Gasteiger partial charge is 0.389 e. The molecule has 3 unspecified atom stereocenters. The Balaban J connectivity index is 2.20. The van der Waals surface area contributed by atoms with E-state index in [0.717, 1.165) is 19.4 Å². The first kappa shape index (κ1) is 18.9. The minimum absolute atomic E-state index is 0.271. The summed E-state index contributed by atoms with van der Waals surface area (Å²) in [5, 5.41) is 10.1. The third-order valence-electron chi connectivity index (χ3n) is 3.93. The van der Waals surface area contributed by atoms with Gasteiger partial charge in [0, 0.05) is 6.61 Å². The van der Waals surface area contributed by atoms with E-state index in [1.54, 1.807) is 0 Å². The van der Waals surface area contributed by atoms with Gasteiger partial charge in [0.25, 0.3) is 0 Å². The van der Waals surface area contributed by atoms with Gasteiger partial charge in [0.05, 0.1) is 12.7 Å². The highest BCUT2D eigenvalue weighted by Gasteiger charge is 2.15. The fourth-order valence-corrected chi connectivity index (χ4v) is 2.54. The highest BCUT2D eigenvalue weighted by molar-refractivity contribution is 5.13. The number of hydrogen-bond acceptors (Lipinski definition) is 2. The number of aliphatic hydroxyl groups is 1. The van der Waals surface area contributed by atoms with Crippen LogP contribution < -0.4 is 0 Å². The van der Waals surface area contributed by atoms with Crippen LogP contribution in [0.3, 0.4) is 0 Å². The summed E-state index contributed by atoms with van der Waals surface area (Å²) in [6.07, 6.45) is 8.17. The van der Waals surface area contributed by atoms with Crippen LogP contribution in [0.5, 0.6) is 0 Å². The summed E-state index contributed by atoms with van der Waals surface area (Å²) in [5.41, 5.74) is 1.21. The molecule has 22 heavy (non-hydrogen) atoms. The lowest BCUT2D eigenvalue weighted by atomic mass is 9.93. The van der Waals surface area contributed by atoms with E-state index in [1.165, 1.54) is 18.4 Å². The Labute approximate surface area is 136 Å². The van der Waals surface area contributed by atoms with Crippen molar-refractivity contribution in [1.82, 2.24) is 0 Å². The van der Waals surface area contributed by atoms with Crippen LogP contribution in [0.25, 0.3) is 0 Å². The SMILES string of the molecule is CCCC/C=C/C(O)C(C)CC(C)COCc1ccccc1. The molecule has 0 fully saturated rings. The van der Waals surface area contributed by atoms with Crippen LogP contribution in [-0.4, -0.2) is 17.8 Å². The molecule has 0 aromatic heterocycles. The molecule has 3 atom stereocenters. The first-order valence-electron chi connectivity index (χ1n) is 8.59. The molecule has 0 heterocycles. The monoisotopic (exact) mass is 304 g/mol. The van der Waals surface area contributed by atoms with Crippen LogP contribution in [0.4, 0.5) is 0 Å². The van der Waals surface area contributed by atoms with E-state index in [2.05, 4.69) is 39.0 Å². The molecule has 1 aromatic carbocycles. The average Bonchev–Trinajstić information content (AvgIpc) is 2.52. The lowest BCUT2D eigenvalue weighted by Crippen LogP contribution is -2.19. The molecular weight excluding hydrogens is 272 g/mol. The second-order valence-electron chi connectivity index (χ2n) is 6.38. The molecule has 1 rings (SSSR count). The van der Waals surface area contributed by atoms with Crippen molar-refractivity contribution in [3.05, 3.63) is 48.0 Å². The predicted octanol–water partition coefficient (Wildman–Crippen LogP) is 4.97. The number of unbranched alkanes of at least 4 members (excludes halogenated alkanes) is 2. The molecule has 1 N–H and O–H groups in total. The number of ether oxygens (including phenoxy) is 1. The second kappa shape index (κ2) is 11.4. The molecule has 0 aliphatic heterocycles. The van der Waals surface area contributed by atoms with Crippen LogP contribution >= 0.6 is 0 Å². The van der Waals surface area contributed by atoms with Crippen molar-refractivity contribution in [3.8, 4) is 0 Å². The van der Waals surface area contributed by atoms with Gasteiger partial charge in [-0.15, -0.1) is 0 Å². The molecule has 0 bridgehead atoms. The Hall–Kier alpha value is -1.12. The van der Waals surface area contributed by atoms with Gasteiger partial charge < -0.3 is 9.84 Å². The summed E-state index contributed by atoms with van der Waals surface area (Å²) in [7, 11) is 0. The van der Waals surface area contributed by atoms with E-state index in [0.29, 0.717) is 12.5 Å². The molecule has 124 valence electrons. The van der Waals surface area contributed by atoms with Gasteiger partial charge >= 0.3 is 0 Å². The van der Waals surface area contributed by atoms with E-state index in [1.807, 2.05) is 24.3 Å². The van der Waals surface area contributed by atoms with E-state index in [9.17, 15) is 5.11 Å². The molecule has 2 heteroatoms. The third kappa shape index (κ3) is 8.35. The smallest absolute Gasteiger partial charge is 0.0746 e. The summed E-state index contributed by atoms with van der Waals surface area (Å²) < 4.78 is 5.78. The van der Waals surface area contributed by atoms with Gasteiger partial charge in [0.15, 0.2) is 0 Å². The van der Waals surface area contributed by atoms with Gasteiger partial charge in [-0.1, -0.05) is 76.1 Å². The standard InChI is InChI=1S/C20H32O2/c1-4-5-6-10-13-20(21)18(3)14-17(2)15-22-16-19-11-8-7-9-12-19/h7-13,17-18,20-21H,4-6,14-16H2,1-3H3/b13-10+. The highest BCUT2D eigenvalue weighted by atomic mass is 16.5. The molecule has 0 aliphatic rings. The Morgan fingerprint density at radius 1 is 1.18 bits per heavy atom. The molecule has 0 spiro atoms. The molecule has 0 amide bonds. The van der Waals surface area contributed by atoms with Gasteiger partial charge in [-0.25, -0.2) is 0 Å². The van der Waals surface area contributed by atoms with Crippen molar-refractivity contribution in [2.75, 3.05) is 6.61 Å². The van der Waals surface area contributed by atoms with Gasteiger partial charge in [-0.3, -0.25) is 0 Å². The highest BCUT2D eigenvalue weighted by Crippen LogP contribution is 2.17. The van der Waals surface area contributed by atoms with E-state index >= 15 is 0 Å².